The first-order chi connectivity index (χ1) is 7.40. The van der Waals surface area contributed by atoms with Crippen LogP contribution in [0.25, 0.3) is 0 Å². The summed E-state index contributed by atoms with van der Waals surface area (Å²) in [6, 6.07) is 0. The molecule has 0 radical (unpaired) electrons. The molecule has 0 bridgehead atoms. The number of imidazole rings is 1. The van der Waals surface area contributed by atoms with Crippen molar-refractivity contribution in [2.45, 2.75) is 51.4 Å². The number of aliphatic hydroxyl groups is 1. The monoisotopic (exact) mass is 208 g/mol. The topological polar surface area (TPSA) is 48.9 Å². The van der Waals surface area contributed by atoms with Gasteiger partial charge in [-0.1, -0.05) is 6.42 Å². The van der Waals surface area contributed by atoms with Gasteiger partial charge in [-0.2, -0.15) is 0 Å². The Kier molecular flexibility index (Phi) is 3.78. The number of aromatic nitrogens is 2. The molecule has 3 nitrogen and oxygen atoms in total. The molecule has 1 aromatic heterocycles. The highest BCUT2D eigenvalue weighted by molar-refractivity contribution is 5.17. The number of aliphatic hydroxyl groups excluding tert-OH is 1. The van der Waals surface area contributed by atoms with Gasteiger partial charge in [0.1, 0.15) is 5.82 Å². The van der Waals surface area contributed by atoms with Crippen LogP contribution >= 0.6 is 0 Å². The molecule has 0 fully saturated rings. The number of aromatic amines is 1. The fraction of sp³-hybridized carbons (Fsp3) is 0.750. The molecule has 1 aliphatic rings. The lowest BCUT2D eigenvalue weighted by atomic mass is 10.0. The predicted molar refractivity (Wildman–Crippen MR) is 59.9 cm³/mol. The summed E-state index contributed by atoms with van der Waals surface area (Å²) in [5.41, 5.74) is 2.68. The van der Waals surface area contributed by atoms with Crippen LogP contribution in [0.1, 0.15) is 49.3 Å². The highest BCUT2D eigenvalue weighted by Gasteiger charge is 2.13. The van der Waals surface area contributed by atoms with Gasteiger partial charge in [0.05, 0.1) is 5.69 Å². The summed E-state index contributed by atoms with van der Waals surface area (Å²) in [5, 5.41) is 8.67. The third kappa shape index (κ3) is 2.81. The summed E-state index contributed by atoms with van der Waals surface area (Å²) in [7, 11) is 0. The Balaban J connectivity index is 1.84. The van der Waals surface area contributed by atoms with Gasteiger partial charge < -0.3 is 10.1 Å². The molecular weight excluding hydrogens is 188 g/mol. The average Bonchev–Trinajstić information content (AvgIpc) is 2.67. The Morgan fingerprint density at radius 1 is 1.13 bits per heavy atom. The summed E-state index contributed by atoms with van der Waals surface area (Å²) in [4.78, 5) is 8.07. The normalized spacial score (nSPS) is 15.3. The summed E-state index contributed by atoms with van der Waals surface area (Å²) in [6.07, 6.45) is 9.12. The van der Waals surface area contributed by atoms with E-state index in [9.17, 15) is 0 Å². The minimum Gasteiger partial charge on any atom is -0.396 e. The summed E-state index contributed by atoms with van der Waals surface area (Å²) < 4.78 is 0. The molecule has 84 valence electrons. The fourth-order valence-corrected chi connectivity index (χ4v) is 2.21. The van der Waals surface area contributed by atoms with Crippen LogP contribution < -0.4 is 0 Å². The number of unbranched alkanes of at least 4 members (excludes halogenated alkanes) is 2. The van der Waals surface area contributed by atoms with Crippen molar-refractivity contribution in [3.05, 3.63) is 17.2 Å². The lowest BCUT2D eigenvalue weighted by Gasteiger charge is -2.07. The number of hydrogen-bond acceptors (Lipinski definition) is 2. The van der Waals surface area contributed by atoms with Crippen molar-refractivity contribution in [1.29, 1.82) is 0 Å². The zero-order chi connectivity index (χ0) is 10.5. The van der Waals surface area contributed by atoms with E-state index < -0.39 is 0 Å². The van der Waals surface area contributed by atoms with Crippen molar-refractivity contribution in [3.8, 4) is 0 Å². The first-order valence-corrected chi connectivity index (χ1v) is 6.07. The molecule has 1 aliphatic carbocycles. The van der Waals surface area contributed by atoms with Crippen molar-refractivity contribution >= 4 is 0 Å². The maximum atomic E-state index is 8.67. The van der Waals surface area contributed by atoms with E-state index in [1.165, 1.54) is 30.7 Å². The van der Waals surface area contributed by atoms with Crippen LogP contribution in [0.4, 0.5) is 0 Å². The number of nitrogens with one attached hydrogen (secondary N) is 1. The molecule has 0 saturated carbocycles. The van der Waals surface area contributed by atoms with Gasteiger partial charge in [0, 0.05) is 18.7 Å². The van der Waals surface area contributed by atoms with Gasteiger partial charge in [-0.3, -0.25) is 0 Å². The van der Waals surface area contributed by atoms with Gasteiger partial charge in [0.25, 0.3) is 0 Å². The van der Waals surface area contributed by atoms with Crippen LogP contribution in [-0.4, -0.2) is 21.7 Å². The van der Waals surface area contributed by atoms with Gasteiger partial charge >= 0.3 is 0 Å². The van der Waals surface area contributed by atoms with E-state index in [2.05, 4.69) is 9.97 Å². The van der Waals surface area contributed by atoms with Crippen LogP contribution in [-0.2, 0) is 19.3 Å². The second kappa shape index (κ2) is 5.31. The van der Waals surface area contributed by atoms with E-state index in [1.54, 1.807) is 0 Å². The van der Waals surface area contributed by atoms with Crippen molar-refractivity contribution < 1.29 is 5.11 Å². The quantitative estimate of drug-likeness (QED) is 0.727. The molecule has 0 aromatic carbocycles. The van der Waals surface area contributed by atoms with Gasteiger partial charge in [-0.15, -0.1) is 0 Å². The van der Waals surface area contributed by atoms with Gasteiger partial charge in [-0.25, -0.2) is 4.98 Å². The summed E-state index contributed by atoms with van der Waals surface area (Å²) >= 11 is 0. The molecule has 1 heterocycles. The Morgan fingerprint density at radius 3 is 2.80 bits per heavy atom. The molecule has 2 N–H and O–H groups in total. The fourth-order valence-electron chi connectivity index (χ4n) is 2.21. The van der Waals surface area contributed by atoms with Crippen molar-refractivity contribution in [1.82, 2.24) is 9.97 Å². The maximum Gasteiger partial charge on any atom is 0.106 e. The lowest BCUT2D eigenvalue weighted by molar-refractivity contribution is 0.283. The number of hydrogen-bond donors (Lipinski definition) is 2. The molecular formula is C12H20N2O. The molecule has 0 amide bonds. The van der Waals surface area contributed by atoms with Crippen LogP contribution in [0.5, 0.6) is 0 Å². The number of nitrogens with zero attached hydrogens (tertiary/aromatic N) is 1. The Bertz CT molecular complexity index is 283. The minimum atomic E-state index is 0.314. The number of H-pyrrole nitrogens is 1. The maximum absolute atomic E-state index is 8.67. The van der Waals surface area contributed by atoms with E-state index in [4.69, 9.17) is 5.11 Å². The number of rotatable bonds is 5. The standard InChI is InChI=1S/C12H20N2O/c15-9-5-1-2-8-12-13-10-6-3-4-7-11(10)14-12/h15H,1-9H2,(H,13,14). The van der Waals surface area contributed by atoms with Gasteiger partial charge in [-0.05, 0) is 38.5 Å². The molecule has 3 heteroatoms. The van der Waals surface area contributed by atoms with E-state index in [-0.39, 0.29) is 0 Å². The van der Waals surface area contributed by atoms with E-state index in [1.807, 2.05) is 0 Å². The largest absolute Gasteiger partial charge is 0.396 e. The third-order valence-corrected chi connectivity index (χ3v) is 3.08. The zero-order valence-corrected chi connectivity index (χ0v) is 9.26. The number of fused-ring (bicyclic) bond motifs is 1. The van der Waals surface area contributed by atoms with Crippen LogP contribution in [0.3, 0.4) is 0 Å². The Morgan fingerprint density at radius 2 is 2.00 bits per heavy atom. The molecule has 0 aliphatic heterocycles. The highest BCUT2D eigenvalue weighted by Crippen LogP contribution is 2.19. The van der Waals surface area contributed by atoms with Crippen molar-refractivity contribution in [2.75, 3.05) is 6.61 Å². The second-order valence-corrected chi connectivity index (χ2v) is 4.35. The van der Waals surface area contributed by atoms with Gasteiger partial charge in [0.2, 0.25) is 0 Å². The zero-order valence-electron chi connectivity index (χ0n) is 9.26. The first kappa shape index (κ1) is 10.7. The summed E-state index contributed by atoms with van der Waals surface area (Å²) in [6.45, 7) is 0.314. The van der Waals surface area contributed by atoms with Crippen LogP contribution in [0, 0.1) is 0 Å². The Labute approximate surface area is 90.9 Å². The van der Waals surface area contributed by atoms with Crippen LogP contribution in [0.15, 0.2) is 0 Å². The average molecular weight is 208 g/mol. The van der Waals surface area contributed by atoms with Crippen molar-refractivity contribution in [3.63, 3.8) is 0 Å². The third-order valence-electron chi connectivity index (χ3n) is 3.08. The first-order valence-electron chi connectivity index (χ1n) is 6.07. The van der Waals surface area contributed by atoms with Crippen molar-refractivity contribution in [2.24, 2.45) is 0 Å². The summed E-state index contributed by atoms with van der Waals surface area (Å²) in [5.74, 6) is 1.15. The second-order valence-electron chi connectivity index (χ2n) is 4.35. The smallest absolute Gasteiger partial charge is 0.106 e. The predicted octanol–water partition coefficient (Wildman–Crippen LogP) is 1.99. The minimum absolute atomic E-state index is 0.314. The highest BCUT2D eigenvalue weighted by atomic mass is 16.2. The lowest BCUT2D eigenvalue weighted by Crippen LogP contribution is -2.00. The molecule has 1 aromatic rings. The van der Waals surface area contributed by atoms with Gasteiger partial charge in [0.15, 0.2) is 0 Å². The molecule has 0 unspecified atom stereocenters. The molecule has 0 saturated heterocycles. The Hall–Kier alpha value is -0.830. The molecule has 15 heavy (non-hydrogen) atoms. The SMILES string of the molecule is OCCCCCc1nc2c([nH]1)CCCC2. The number of aryl methyl sites for hydroxylation is 3. The molecule has 2 rings (SSSR count). The van der Waals surface area contributed by atoms with Crippen LogP contribution in [0.2, 0.25) is 0 Å². The van der Waals surface area contributed by atoms with E-state index in [0.29, 0.717) is 6.61 Å². The van der Waals surface area contributed by atoms with E-state index >= 15 is 0 Å². The molecule has 0 spiro atoms. The molecule has 0 atom stereocenters. The van der Waals surface area contributed by atoms with E-state index in [0.717, 1.165) is 37.9 Å².